The van der Waals surface area contributed by atoms with Crippen molar-refractivity contribution in [2.75, 3.05) is 19.6 Å². The molecule has 0 spiro atoms. The molecule has 1 aliphatic carbocycles. The Bertz CT molecular complexity index is 372. The van der Waals surface area contributed by atoms with E-state index in [1.165, 1.54) is 44.5 Å². The minimum Gasteiger partial charge on any atom is -0.310 e. The Morgan fingerprint density at radius 1 is 1.22 bits per heavy atom. The molecule has 1 aromatic rings. The lowest BCUT2D eigenvalue weighted by atomic mass is 10.1. The van der Waals surface area contributed by atoms with Crippen LogP contribution in [0.15, 0.2) is 30.3 Å². The molecular formula is C16H24N2. The average molecular weight is 244 g/mol. The zero-order valence-electron chi connectivity index (χ0n) is 11.3. The van der Waals surface area contributed by atoms with Crippen LogP contribution in [-0.4, -0.2) is 30.6 Å². The number of benzene rings is 1. The van der Waals surface area contributed by atoms with Crippen LogP contribution in [0.5, 0.6) is 0 Å². The van der Waals surface area contributed by atoms with Gasteiger partial charge in [-0.05, 0) is 50.8 Å². The summed E-state index contributed by atoms with van der Waals surface area (Å²) in [5, 5.41) is 3.69. The Kier molecular flexibility index (Phi) is 3.67. The van der Waals surface area contributed by atoms with Crippen molar-refractivity contribution >= 4 is 0 Å². The molecule has 3 rings (SSSR count). The Labute approximate surface area is 110 Å². The summed E-state index contributed by atoms with van der Waals surface area (Å²) >= 11 is 0. The lowest BCUT2D eigenvalue weighted by Crippen LogP contribution is -2.29. The van der Waals surface area contributed by atoms with Gasteiger partial charge in [-0.2, -0.15) is 0 Å². The van der Waals surface area contributed by atoms with Crippen LogP contribution in [-0.2, 0) is 0 Å². The lowest BCUT2D eigenvalue weighted by Gasteiger charge is -2.18. The molecule has 2 fully saturated rings. The van der Waals surface area contributed by atoms with Crippen molar-refractivity contribution in [2.45, 2.75) is 38.3 Å². The maximum absolute atomic E-state index is 3.69. The third-order valence-electron chi connectivity index (χ3n) is 4.39. The first-order chi connectivity index (χ1) is 8.83. The number of hydrogen-bond acceptors (Lipinski definition) is 2. The van der Waals surface area contributed by atoms with E-state index in [2.05, 4.69) is 47.5 Å². The molecule has 0 bridgehead atoms. The minimum absolute atomic E-state index is 0.473. The van der Waals surface area contributed by atoms with E-state index in [0.29, 0.717) is 6.04 Å². The molecule has 1 N–H and O–H groups in total. The van der Waals surface area contributed by atoms with Gasteiger partial charge in [0.1, 0.15) is 0 Å². The highest BCUT2D eigenvalue weighted by molar-refractivity contribution is 5.18. The summed E-state index contributed by atoms with van der Waals surface area (Å²) < 4.78 is 0. The quantitative estimate of drug-likeness (QED) is 0.857. The second kappa shape index (κ2) is 5.41. The van der Waals surface area contributed by atoms with Crippen molar-refractivity contribution in [2.24, 2.45) is 5.92 Å². The summed E-state index contributed by atoms with van der Waals surface area (Å²) in [7, 11) is 0. The van der Waals surface area contributed by atoms with E-state index in [0.717, 1.165) is 12.0 Å². The van der Waals surface area contributed by atoms with Crippen molar-refractivity contribution in [1.29, 1.82) is 0 Å². The predicted octanol–water partition coefficient (Wildman–Crippen LogP) is 2.82. The highest BCUT2D eigenvalue weighted by atomic mass is 15.2. The molecule has 98 valence electrons. The maximum atomic E-state index is 3.69. The summed E-state index contributed by atoms with van der Waals surface area (Å²) in [4.78, 5) is 2.69. The predicted molar refractivity (Wildman–Crippen MR) is 75.6 cm³/mol. The van der Waals surface area contributed by atoms with Crippen LogP contribution in [0.25, 0.3) is 0 Å². The fourth-order valence-corrected chi connectivity index (χ4v) is 3.00. The standard InChI is InChI=1S/C16H24N2/c1-13(15-5-3-2-4-6-15)17-11-14-9-10-18(12-14)16-7-8-16/h2-6,13-14,16-17H,7-12H2,1H3. The van der Waals surface area contributed by atoms with Gasteiger partial charge in [0.25, 0.3) is 0 Å². The highest BCUT2D eigenvalue weighted by Gasteiger charge is 2.34. The summed E-state index contributed by atoms with van der Waals surface area (Å²) in [5.74, 6) is 0.858. The number of hydrogen-bond donors (Lipinski definition) is 1. The van der Waals surface area contributed by atoms with Gasteiger partial charge in [0.15, 0.2) is 0 Å². The van der Waals surface area contributed by atoms with E-state index in [1.807, 2.05) is 0 Å². The third kappa shape index (κ3) is 2.93. The molecule has 1 saturated carbocycles. The van der Waals surface area contributed by atoms with Crippen LogP contribution in [0.4, 0.5) is 0 Å². The van der Waals surface area contributed by atoms with Gasteiger partial charge in [0.2, 0.25) is 0 Å². The topological polar surface area (TPSA) is 15.3 Å². The summed E-state index contributed by atoms with van der Waals surface area (Å²) in [6.07, 6.45) is 4.27. The van der Waals surface area contributed by atoms with Crippen LogP contribution >= 0.6 is 0 Å². The van der Waals surface area contributed by atoms with E-state index in [1.54, 1.807) is 0 Å². The fraction of sp³-hybridized carbons (Fsp3) is 0.625. The van der Waals surface area contributed by atoms with Crippen molar-refractivity contribution < 1.29 is 0 Å². The Morgan fingerprint density at radius 2 is 2.00 bits per heavy atom. The molecule has 0 radical (unpaired) electrons. The van der Waals surface area contributed by atoms with E-state index in [9.17, 15) is 0 Å². The SMILES string of the molecule is CC(NCC1CCN(C2CC2)C1)c1ccccc1. The molecule has 1 heterocycles. The van der Waals surface area contributed by atoms with E-state index >= 15 is 0 Å². The molecule has 2 atom stereocenters. The second-order valence-corrected chi connectivity index (χ2v) is 5.92. The van der Waals surface area contributed by atoms with Gasteiger partial charge in [-0.3, -0.25) is 0 Å². The first kappa shape index (κ1) is 12.2. The monoisotopic (exact) mass is 244 g/mol. The van der Waals surface area contributed by atoms with Crippen molar-refractivity contribution in [3.05, 3.63) is 35.9 Å². The number of rotatable bonds is 5. The largest absolute Gasteiger partial charge is 0.310 e. The number of nitrogens with zero attached hydrogens (tertiary/aromatic N) is 1. The number of likely N-dealkylation sites (tertiary alicyclic amines) is 1. The van der Waals surface area contributed by atoms with Gasteiger partial charge in [-0.15, -0.1) is 0 Å². The molecular weight excluding hydrogens is 220 g/mol. The molecule has 2 heteroatoms. The lowest BCUT2D eigenvalue weighted by molar-refractivity contribution is 0.310. The van der Waals surface area contributed by atoms with Crippen LogP contribution in [0.1, 0.15) is 37.8 Å². The van der Waals surface area contributed by atoms with E-state index in [4.69, 9.17) is 0 Å². The average Bonchev–Trinajstić information content (AvgIpc) is 3.16. The fourth-order valence-electron chi connectivity index (χ4n) is 3.00. The van der Waals surface area contributed by atoms with Crippen LogP contribution in [0, 0.1) is 5.92 Å². The minimum atomic E-state index is 0.473. The first-order valence-corrected chi connectivity index (χ1v) is 7.35. The van der Waals surface area contributed by atoms with Crippen molar-refractivity contribution in [1.82, 2.24) is 10.2 Å². The Balaban J connectivity index is 1.44. The van der Waals surface area contributed by atoms with Gasteiger partial charge in [0.05, 0.1) is 0 Å². The summed E-state index contributed by atoms with van der Waals surface area (Å²) in [6.45, 7) is 6.08. The van der Waals surface area contributed by atoms with Crippen molar-refractivity contribution in [3.63, 3.8) is 0 Å². The molecule has 0 aromatic heterocycles. The van der Waals surface area contributed by atoms with Gasteiger partial charge in [-0.25, -0.2) is 0 Å². The van der Waals surface area contributed by atoms with Gasteiger partial charge >= 0.3 is 0 Å². The highest BCUT2D eigenvalue weighted by Crippen LogP contribution is 2.31. The second-order valence-electron chi connectivity index (χ2n) is 5.92. The third-order valence-corrected chi connectivity index (χ3v) is 4.39. The number of nitrogens with one attached hydrogen (secondary N) is 1. The molecule has 1 aliphatic heterocycles. The Hall–Kier alpha value is -0.860. The van der Waals surface area contributed by atoms with Crippen LogP contribution < -0.4 is 5.32 Å². The normalized spacial score (nSPS) is 26.4. The molecule has 0 amide bonds. The molecule has 18 heavy (non-hydrogen) atoms. The smallest absolute Gasteiger partial charge is 0.0291 e. The Morgan fingerprint density at radius 3 is 2.72 bits per heavy atom. The molecule has 1 saturated heterocycles. The van der Waals surface area contributed by atoms with Crippen molar-refractivity contribution in [3.8, 4) is 0 Å². The van der Waals surface area contributed by atoms with Gasteiger partial charge in [0, 0.05) is 18.6 Å². The molecule has 2 aliphatic rings. The van der Waals surface area contributed by atoms with E-state index in [-0.39, 0.29) is 0 Å². The molecule has 2 nitrogen and oxygen atoms in total. The van der Waals surface area contributed by atoms with Gasteiger partial charge < -0.3 is 10.2 Å². The summed E-state index contributed by atoms with van der Waals surface area (Å²) in [5.41, 5.74) is 1.40. The summed E-state index contributed by atoms with van der Waals surface area (Å²) in [6, 6.07) is 12.2. The maximum Gasteiger partial charge on any atom is 0.0291 e. The molecule has 2 unspecified atom stereocenters. The zero-order chi connectivity index (χ0) is 12.4. The zero-order valence-corrected chi connectivity index (χ0v) is 11.3. The first-order valence-electron chi connectivity index (χ1n) is 7.35. The van der Waals surface area contributed by atoms with Gasteiger partial charge in [-0.1, -0.05) is 30.3 Å². The molecule has 1 aromatic carbocycles. The van der Waals surface area contributed by atoms with E-state index < -0.39 is 0 Å². The van der Waals surface area contributed by atoms with Crippen LogP contribution in [0.2, 0.25) is 0 Å². The van der Waals surface area contributed by atoms with Crippen LogP contribution in [0.3, 0.4) is 0 Å².